The SMILES string of the molecule is c1ccc(-c2nc(-c3ccccc3)nc(N3c4cc5c(cc4-c4cccc6cccc3c46)c3cc(-c4ccccn4)ccc3n5-c3nc(-c4ccccc4)nc(-c4ccccc4)n3)n2)cc1. The molecule has 5 heterocycles. The molecule has 1 aliphatic heterocycles. The third kappa shape index (κ3) is 6.21. The van der Waals surface area contributed by atoms with Crippen LogP contribution in [0.5, 0.6) is 0 Å². The molecule has 12 aromatic rings. The van der Waals surface area contributed by atoms with Gasteiger partial charge in [0.1, 0.15) is 0 Å². The summed E-state index contributed by atoms with van der Waals surface area (Å²) < 4.78 is 2.17. The molecule has 9 nitrogen and oxygen atoms in total. The molecule has 0 aliphatic carbocycles. The molecule has 13 rings (SSSR count). The van der Waals surface area contributed by atoms with Crippen molar-refractivity contribution in [2.75, 3.05) is 4.90 Å². The van der Waals surface area contributed by atoms with Crippen LogP contribution in [0, 0.1) is 0 Å². The topological polar surface area (TPSA) is 98.4 Å². The lowest BCUT2D eigenvalue weighted by molar-refractivity contribution is 0.953. The molecule has 4 aromatic heterocycles. The molecule has 0 atom stereocenters. The molecular weight excluding hydrogens is 811 g/mol. The highest BCUT2D eigenvalue weighted by molar-refractivity contribution is 6.19. The highest BCUT2D eigenvalue weighted by atomic mass is 15.3. The van der Waals surface area contributed by atoms with Crippen LogP contribution in [-0.2, 0) is 0 Å². The van der Waals surface area contributed by atoms with Crippen molar-refractivity contribution >= 4 is 49.9 Å². The molecule has 0 saturated heterocycles. The summed E-state index contributed by atoms with van der Waals surface area (Å²) in [5.41, 5.74) is 11.4. The van der Waals surface area contributed by atoms with Gasteiger partial charge in [-0.3, -0.25) is 14.5 Å². The molecule has 1 aliphatic rings. The monoisotopic (exact) mass is 845 g/mol. The van der Waals surface area contributed by atoms with E-state index in [-0.39, 0.29) is 0 Å². The largest absolute Gasteiger partial charge is 0.278 e. The minimum absolute atomic E-state index is 0.496. The van der Waals surface area contributed by atoms with Gasteiger partial charge < -0.3 is 0 Å². The molecule has 0 saturated carbocycles. The first-order valence-corrected chi connectivity index (χ1v) is 21.8. The molecule has 66 heavy (non-hydrogen) atoms. The highest BCUT2D eigenvalue weighted by Crippen LogP contribution is 2.52. The number of rotatable bonds is 7. The molecule has 9 heteroatoms. The van der Waals surface area contributed by atoms with Gasteiger partial charge in [0.15, 0.2) is 23.3 Å². The van der Waals surface area contributed by atoms with Crippen LogP contribution in [-0.4, -0.2) is 39.5 Å². The Morgan fingerprint density at radius 3 is 1.42 bits per heavy atom. The van der Waals surface area contributed by atoms with Gasteiger partial charge in [-0.2, -0.15) is 19.9 Å². The summed E-state index contributed by atoms with van der Waals surface area (Å²) in [7, 11) is 0. The Kier molecular flexibility index (Phi) is 8.63. The minimum Gasteiger partial charge on any atom is -0.278 e. The van der Waals surface area contributed by atoms with Crippen molar-refractivity contribution in [2.45, 2.75) is 0 Å². The fraction of sp³-hybridized carbons (Fsp3) is 0. The zero-order chi connectivity index (χ0) is 43.6. The minimum atomic E-state index is 0.496. The quantitative estimate of drug-likeness (QED) is 0.156. The van der Waals surface area contributed by atoms with Crippen molar-refractivity contribution in [3.63, 3.8) is 0 Å². The van der Waals surface area contributed by atoms with E-state index in [1.54, 1.807) is 0 Å². The Bertz CT molecular complexity index is 3680. The number of aromatic nitrogens is 8. The van der Waals surface area contributed by atoms with Crippen LogP contribution in [0.1, 0.15) is 0 Å². The van der Waals surface area contributed by atoms with Crippen molar-refractivity contribution in [1.82, 2.24) is 39.5 Å². The number of pyridine rings is 1. The predicted molar refractivity (Wildman–Crippen MR) is 264 cm³/mol. The number of nitrogens with zero attached hydrogens (tertiary/aromatic N) is 9. The summed E-state index contributed by atoms with van der Waals surface area (Å²) in [5.74, 6) is 3.31. The van der Waals surface area contributed by atoms with Crippen molar-refractivity contribution in [1.29, 1.82) is 0 Å². The molecular formula is C57H35N9. The van der Waals surface area contributed by atoms with E-state index >= 15 is 0 Å². The van der Waals surface area contributed by atoms with Gasteiger partial charge in [0.2, 0.25) is 11.9 Å². The smallest absolute Gasteiger partial charge is 0.238 e. The van der Waals surface area contributed by atoms with Crippen LogP contribution < -0.4 is 4.90 Å². The molecule has 0 spiro atoms. The summed E-state index contributed by atoms with van der Waals surface area (Å²) in [6, 6.07) is 70.4. The van der Waals surface area contributed by atoms with Crippen molar-refractivity contribution in [2.24, 2.45) is 0 Å². The first-order valence-electron chi connectivity index (χ1n) is 21.8. The van der Waals surface area contributed by atoms with E-state index in [2.05, 4.69) is 76.2 Å². The van der Waals surface area contributed by atoms with Crippen LogP contribution in [0.15, 0.2) is 212 Å². The van der Waals surface area contributed by atoms with E-state index in [9.17, 15) is 0 Å². The third-order valence-electron chi connectivity index (χ3n) is 12.3. The Balaban J connectivity index is 1.14. The Morgan fingerprint density at radius 2 is 0.864 bits per heavy atom. The maximum atomic E-state index is 5.31. The fourth-order valence-corrected chi connectivity index (χ4v) is 9.24. The molecule has 0 N–H and O–H groups in total. The number of hydrogen-bond acceptors (Lipinski definition) is 8. The van der Waals surface area contributed by atoms with Gasteiger partial charge >= 0.3 is 0 Å². The number of fused-ring (bicyclic) bond motifs is 5. The first kappa shape index (κ1) is 37.4. The van der Waals surface area contributed by atoms with E-state index in [1.165, 1.54) is 0 Å². The lowest BCUT2D eigenvalue weighted by Gasteiger charge is -2.32. The second-order valence-corrected chi connectivity index (χ2v) is 16.2. The fourth-order valence-electron chi connectivity index (χ4n) is 9.24. The second kappa shape index (κ2) is 15.3. The van der Waals surface area contributed by atoms with Crippen LogP contribution in [0.25, 0.3) is 106 Å². The van der Waals surface area contributed by atoms with Gasteiger partial charge in [-0.1, -0.05) is 164 Å². The number of hydrogen-bond donors (Lipinski definition) is 0. The van der Waals surface area contributed by atoms with E-state index in [0.717, 1.165) is 88.6 Å². The molecule has 0 bridgehead atoms. The number of benzene rings is 8. The highest BCUT2D eigenvalue weighted by Gasteiger charge is 2.31. The zero-order valence-electron chi connectivity index (χ0n) is 35.2. The Morgan fingerprint density at radius 1 is 0.333 bits per heavy atom. The number of anilines is 3. The van der Waals surface area contributed by atoms with Gasteiger partial charge in [0.05, 0.1) is 28.1 Å². The van der Waals surface area contributed by atoms with Gasteiger partial charge in [0, 0.05) is 55.7 Å². The van der Waals surface area contributed by atoms with E-state index in [0.29, 0.717) is 35.2 Å². The van der Waals surface area contributed by atoms with Gasteiger partial charge in [-0.25, -0.2) is 9.97 Å². The molecule has 0 fully saturated rings. The van der Waals surface area contributed by atoms with Crippen molar-refractivity contribution in [3.8, 4) is 73.9 Å². The maximum absolute atomic E-state index is 5.31. The van der Waals surface area contributed by atoms with Crippen molar-refractivity contribution < 1.29 is 0 Å². The van der Waals surface area contributed by atoms with Gasteiger partial charge in [-0.05, 0) is 53.4 Å². The van der Waals surface area contributed by atoms with E-state index < -0.39 is 0 Å². The third-order valence-corrected chi connectivity index (χ3v) is 12.3. The van der Waals surface area contributed by atoms with Gasteiger partial charge in [0.25, 0.3) is 0 Å². The molecule has 308 valence electrons. The first-order chi connectivity index (χ1) is 32.7. The van der Waals surface area contributed by atoms with E-state index in [1.807, 2.05) is 146 Å². The lowest BCUT2D eigenvalue weighted by Crippen LogP contribution is -2.19. The van der Waals surface area contributed by atoms with Crippen LogP contribution in [0.4, 0.5) is 17.3 Å². The molecule has 0 amide bonds. The Hall–Kier alpha value is -9.21. The summed E-state index contributed by atoms with van der Waals surface area (Å²) in [6.45, 7) is 0. The summed E-state index contributed by atoms with van der Waals surface area (Å²) in [5, 5.41) is 4.30. The summed E-state index contributed by atoms with van der Waals surface area (Å²) in [6.07, 6.45) is 1.83. The lowest BCUT2D eigenvalue weighted by atomic mass is 9.90. The summed E-state index contributed by atoms with van der Waals surface area (Å²) >= 11 is 0. The predicted octanol–water partition coefficient (Wildman–Crippen LogP) is 13.5. The van der Waals surface area contributed by atoms with Crippen LogP contribution in [0.2, 0.25) is 0 Å². The maximum Gasteiger partial charge on any atom is 0.238 e. The summed E-state index contributed by atoms with van der Waals surface area (Å²) in [4.78, 5) is 38.3. The normalized spacial score (nSPS) is 11.9. The second-order valence-electron chi connectivity index (χ2n) is 16.2. The Labute approximate surface area is 379 Å². The molecule has 0 unspecified atom stereocenters. The molecule has 0 radical (unpaired) electrons. The average molecular weight is 846 g/mol. The standard InChI is InChI=1S/C57H35N9/c1-5-17-37(18-6-1)52-59-53(38-19-7-2-8-20-38)62-56(61-52)65-47-31-30-41(46-28-13-14-32-58-46)33-43(47)45-34-44-42-27-15-25-36-26-16-29-48(51(36)42)66(49(44)35-50(45)65)57-63-54(39-21-9-3-10-22-39)60-55(64-57)40-23-11-4-12-24-40/h1-35H. The van der Waals surface area contributed by atoms with Crippen molar-refractivity contribution in [3.05, 3.63) is 212 Å². The zero-order valence-corrected chi connectivity index (χ0v) is 35.2. The van der Waals surface area contributed by atoms with E-state index in [4.69, 9.17) is 34.9 Å². The molecule has 8 aromatic carbocycles. The van der Waals surface area contributed by atoms with Crippen LogP contribution in [0.3, 0.4) is 0 Å². The van der Waals surface area contributed by atoms with Crippen LogP contribution >= 0.6 is 0 Å². The average Bonchev–Trinajstić information content (AvgIpc) is 3.72. The van der Waals surface area contributed by atoms with Gasteiger partial charge in [-0.15, -0.1) is 0 Å².